The molecule has 1 N–H and O–H groups in total. The van der Waals surface area contributed by atoms with Crippen LogP contribution in [0.1, 0.15) is 0 Å². The molecule has 0 unspecified atom stereocenters. The van der Waals surface area contributed by atoms with Gasteiger partial charge in [-0.05, 0) is 18.2 Å². The van der Waals surface area contributed by atoms with Gasteiger partial charge in [0.1, 0.15) is 4.90 Å². The Labute approximate surface area is 80.3 Å². The fourth-order valence-corrected chi connectivity index (χ4v) is 2.18. The largest absolute Gasteiger partial charge is 0.265 e. The Hall–Kier alpha value is -1.07. The third kappa shape index (κ3) is 1.40. The van der Waals surface area contributed by atoms with Crippen LogP contribution in [0.2, 0.25) is 5.02 Å². The molecule has 1 radical (unpaired) electrons. The molecule has 0 saturated heterocycles. The Balaban J connectivity index is 2.77. The van der Waals surface area contributed by atoms with E-state index in [4.69, 9.17) is 11.6 Å². The lowest BCUT2D eigenvalue weighted by Gasteiger charge is -2.10. The summed E-state index contributed by atoms with van der Waals surface area (Å²) in [4.78, 5) is 3.81. The standard InChI is InChI=1S/C7H4ClN2O2S/c8-5-1-2-6-7(3-5)13(11,12)10-4-9-6/h1-3H,(H,9,10). The van der Waals surface area contributed by atoms with Crippen LogP contribution < -0.4 is 4.72 Å². The van der Waals surface area contributed by atoms with Gasteiger partial charge < -0.3 is 0 Å². The van der Waals surface area contributed by atoms with Gasteiger partial charge in [0, 0.05) is 5.02 Å². The smallest absolute Gasteiger partial charge is 0.260 e. The van der Waals surface area contributed by atoms with Gasteiger partial charge in [0.15, 0.2) is 6.34 Å². The molecule has 0 aliphatic carbocycles. The van der Waals surface area contributed by atoms with Crippen LogP contribution in [0.5, 0.6) is 0 Å². The van der Waals surface area contributed by atoms with E-state index in [1.807, 2.05) is 4.72 Å². The summed E-state index contributed by atoms with van der Waals surface area (Å²) in [6.07, 6.45) is 2.19. The van der Waals surface area contributed by atoms with Crippen molar-refractivity contribution in [1.82, 2.24) is 4.72 Å². The lowest BCUT2D eigenvalue weighted by molar-refractivity contribution is 0.592. The minimum Gasteiger partial charge on any atom is -0.260 e. The van der Waals surface area contributed by atoms with Gasteiger partial charge in [-0.15, -0.1) is 0 Å². The molecule has 1 aliphatic heterocycles. The molecule has 1 aliphatic rings. The van der Waals surface area contributed by atoms with Crippen LogP contribution in [0.4, 0.5) is 5.69 Å². The summed E-state index contributed by atoms with van der Waals surface area (Å²) >= 11 is 5.65. The Morgan fingerprint density at radius 2 is 2.23 bits per heavy atom. The number of sulfonamides is 1. The number of nitrogens with zero attached hydrogens (tertiary/aromatic N) is 1. The topological polar surface area (TPSA) is 58.5 Å². The summed E-state index contributed by atoms with van der Waals surface area (Å²) < 4.78 is 24.7. The number of nitrogens with one attached hydrogen (secondary N) is 1. The first-order valence-electron chi connectivity index (χ1n) is 3.37. The quantitative estimate of drug-likeness (QED) is 0.706. The van der Waals surface area contributed by atoms with Crippen LogP contribution in [0.25, 0.3) is 0 Å². The number of benzene rings is 1. The highest BCUT2D eigenvalue weighted by Gasteiger charge is 2.20. The zero-order valence-corrected chi connectivity index (χ0v) is 7.85. The Morgan fingerprint density at radius 1 is 1.46 bits per heavy atom. The van der Waals surface area contributed by atoms with Crippen molar-refractivity contribution < 1.29 is 8.42 Å². The summed E-state index contributed by atoms with van der Waals surface area (Å²) in [5.41, 5.74) is 0.350. The van der Waals surface area contributed by atoms with Crippen LogP contribution in [-0.2, 0) is 10.0 Å². The summed E-state index contributed by atoms with van der Waals surface area (Å²) in [5.74, 6) is 0. The fraction of sp³-hybridized carbons (Fsp3) is 0. The average Bonchev–Trinajstić information content (AvgIpc) is 2.06. The van der Waals surface area contributed by atoms with Crippen LogP contribution in [0.15, 0.2) is 28.1 Å². The number of hydrogen-bond donors (Lipinski definition) is 1. The Morgan fingerprint density at radius 3 is 3.00 bits per heavy atom. The molecule has 1 heterocycles. The summed E-state index contributed by atoms with van der Waals surface area (Å²) in [7, 11) is -3.50. The zero-order chi connectivity index (χ0) is 9.47. The molecule has 2 rings (SSSR count). The molecular formula is C7H4ClN2O2S. The summed E-state index contributed by atoms with van der Waals surface area (Å²) in [6.45, 7) is 0. The van der Waals surface area contributed by atoms with Crippen LogP contribution >= 0.6 is 11.6 Å². The van der Waals surface area contributed by atoms with Crippen molar-refractivity contribution in [2.75, 3.05) is 0 Å². The number of halogens is 1. The van der Waals surface area contributed by atoms with E-state index >= 15 is 0 Å². The zero-order valence-electron chi connectivity index (χ0n) is 6.28. The molecular weight excluding hydrogens is 212 g/mol. The van der Waals surface area contributed by atoms with E-state index in [0.29, 0.717) is 10.7 Å². The summed E-state index contributed by atoms with van der Waals surface area (Å²) in [5, 5.41) is 0.362. The normalized spacial score (nSPS) is 17.6. The molecule has 0 atom stereocenters. The number of hydrogen-bond acceptors (Lipinski definition) is 3. The molecule has 0 aromatic heterocycles. The van der Waals surface area contributed by atoms with Gasteiger partial charge in [-0.2, -0.15) is 0 Å². The van der Waals surface area contributed by atoms with Crippen molar-refractivity contribution in [3.63, 3.8) is 0 Å². The van der Waals surface area contributed by atoms with Crippen molar-refractivity contribution in [3.05, 3.63) is 23.2 Å². The van der Waals surface area contributed by atoms with Crippen molar-refractivity contribution in [1.29, 1.82) is 0 Å². The maximum Gasteiger partial charge on any atom is 0.265 e. The van der Waals surface area contributed by atoms with Gasteiger partial charge >= 0.3 is 0 Å². The maximum absolute atomic E-state index is 11.3. The highest BCUT2D eigenvalue weighted by Crippen LogP contribution is 2.28. The lowest BCUT2D eigenvalue weighted by atomic mass is 10.3. The second-order valence-electron chi connectivity index (χ2n) is 2.44. The van der Waals surface area contributed by atoms with E-state index in [2.05, 4.69) is 11.3 Å². The molecule has 6 heteroatoms. The molecule has 13 heavy (non-hydrogen) atoms. The van der Waals surface area contributed by atoms with Crippen molar-refractivity contribution in [3.8, 4) is 0 Å². The monoisotopic (exact) mass is 215 g/mol. The Kier molecular flexibility index (Phi) is 1.78. The molecule has 0 bridgehead atoms. The third-order valence-electron chi connectivity index (χ3n) is 1.57. The summed E-state index contributed by atoms with van der Waals surface area (Å²) in [6, 6.07) is 4.46. The number of fused-ring (bicyclic) bond motifs is 1. The number of rotatable bonds is 0. The van der Waals surface area contributed by atoms with E-state index in [1.54, 1.807) is 6.07 Å². The van der Waals surface area contributed by atoms with Crippen LogP contribution in [0.3, 0.4) is 0 Å². The lowest BCUT2D eigenvalue weighted by Crippen LogP contribution is -2.24. The van der Waals surface area contributed by atoms with Crippen LogP contribution in [-0.4, -0.2) is 14.8 Å². The first-order chi connectivity index (χ1) is 6.09. The van der Waals surface area contributed by atoms with E-state index in [1.165, 1.54) is 12.1 Å². The van der Waals surface area contributed by atoms with Gasteiger partial charge in [0.05, 0.1) is 5.69 Å². The fourth-order valence-electron chi connectivity index (χ4n) is 0.994. The number of aliphatic imine (C=N–C) groups is 1. The van der Waals surface area contributed by atoms with E-state index in [0.717, 1.165) is 0 Å². The van der Waals surface area contributed by atoms with E-state index in [-0.39, 0.29) is 4.90 Å². The van der Waals surface area contributed by atoms with Gasteiger partial charge in [0.2, 0.25) is 0 Å². The molecule has 0 amide bonds. The Bertz CT molecular complexity index is 481. The molecule has 0 saturated carbocycles. The second-order valence-corrected chi connectivity index (χ2v) is 4.53. The molecule has 1 aromatic carbocycles. The first kappa shape index (κ1) is 8.52. The van der Waals surface area contributed by atoms with Gasteiger partial charge in [-0.1, -0.05) is 11.6 Å². The second kappa shape index (κ2) is 2.71. The van der Waals surface area contributed by atoms with Crippen LogP contribution in [0, 0.1) is 0 Å². The first-order valence-corrected chi connectivity index (χ1v) is 5.23. The van der Waals surface area contributed by atoms with E-state index in [9.17, 15) is 8.42 Å². The molecule has 67 valence electrons. The average molecular weight is 216 g/mol. The van der Waals surface area contributed by atoms with Gasteiger partial charge in [-0.3, -0.25) is 4.72 Å². The maximum atomic E-state index is 11.3. The van der Waals surface area contributed by atoms with E-state index < -0.39 is 10.0 Å². The predicted molar refractivity (Wildman–Crippen MR) is 48.9 cm³/mol. The third-order valence-corrected chi connectivity index (χ3v) is 3.07. The SMILES string of the molecule is O=S1(=O)N[C]=Nc2ccc(Cl)cc21. The van der Waals surface area contributed by atoms with Crippen molar-refractivity contribution in [2.45, 2.75) is 4.90 Å². The van der Waals surface area contributed by atoms with Crippen molar-refractivity contribution in [2.24, 2.45) is 4.99 Å². The molecule has 0 fully saturated rings. The molecule has 1 aromatic rings. The molecule has 4 nitrogen and oxygen atoms in total. The van der Waals surface area contributed by atoms with Gasteiger partial charge in [-0.25, -0.2) is 13.4 Å². The van der Waals surface area contributed by atoms with Crippen molar-refractivity contribution >= 4 is 33.7 Å². The highest BCUT2D eigenvalue weighted by atomic mass is 35.5. The highest BCUT2D eigenvalue weighted by molar-refractivity contribution is 7.90. The minimum absolute atomic E-state index is 0.0822. The molecule has 0 spiro atoms. The predicted octanol–water partition coefficient (Wildman–Crippen LogP) is 1.17. The minimum atomic E-state index is -3.50. The van der Waals surface area contributed by atoms with Gasteiger partial charge in [0.25, 0.3) is 10.0 Å².